The number of hydrogen-bond acceptors (Lipinski definition) is 4. The molecular weight excluding hydrogens is 368 g/mol. The van der Waals surface area contributed by atoms with E-state index in [1.165, 1.54) is 0 Å². The number of halogens is 1. The zero-order valence-corrected chi connectivity index (χ0v) is 17.4. The SMILES string of the molecule is Cc1ccc(C(=O)NC2(C[N+](C)(C)C(=O)[C@H](O)C(C)(C)CO)CC2)cc1Cl. The number of rotatable bonds is 7. The van der Waals surface area contributed by atoms with Crippen molar-refractivity contribution < 1.29 is 24.3 Å². The van der Waals surface area contributed by atoms with Gasteiger partial charge in [-0.2, -0.15) is 0 Å². The predicted octanol–water partition coefficient (Wildman–Crippen LogP) is 1.89. The van der Waals surface area contributed by atoms with E-state index in [0.29, 0.717) is 17.1 Å². The highest BCUT2D eigenvalue weighted by Gasteiger charge is 2.53. The van der Waals surface area contributed by atoms with Crippen LogP contribution in [0.25, 0.3) is 0 Å². The molecular formula is C20H30ClN2O4+. The van der Waals surface area contributed by atoms with Crippen molar-refractivity contribution in [3.63, 3.8) is 0 Å². The van der Waals surface area contributed by atoms with Gasteiger partial charge < -0.3 is 15.5 Å². The molecule has 0 saturated heterocycles. The third kappa shape index (κ3) is 4.88. The standard InChI is InChI=1S/C20H29ClN2O4/c1-13-6-7-14(10-15(13)21)17(26)22-20(8-9-20)11-23(4,5)18(27)16(25)19(2,3)12-24/h6-7,10,16,24-25H,8-9,11-12H2,1-5H3/p+1/t16-/m0/s1. The van der Waals surface area contributed by atoms with E-state index in [2.05, 4.69) is 5.32 Å². The number of carbonyl (C=O) groups is 2. The third-order valence-corrected chi connectivity index (χ3v) is 5.75. The maximum absolute atomic E-state index is 12.8. The first kappa shape index (κ1) is 21.8. The molecule has 0 unspecified atom stereocenters. The number of aryl methyl sites for hydroxylation is 1. The summed E-state index contributed by atoms with van der Waals surface area (Å²) in [5, 5.41) is 23.4. The molecule has 2 rings (SSSR count). The van der Waals surface area contributed by atoms with Crippen LogP contribution in [-0.4, -0.2) is 65.4 Å². The topological polar surface area (TPSA) is 86.6 Å². The van der Waals surface area contributed by atoms with Gasteiger partial charge in [-0.15, -0.1) is 0 Å². The minimum absolute atomic E-state index is 0.0838. The molecule has 1 aromatic rings. The summed E-state index contributed by atoms with van der Waals surface area (Å²) in [7, 11) is 3.43. The summed E-state index contributed by atoms with van der Waals surface area (Å²) >= 11 is 6.11. The van der Waals surface area contributed by atoms with Gasteiger partial charge in [0.05, 0.1) is 26.2 Å². The molecule has 1 aromatic carbocycles. The molecule has 2 amide bonds. The van der Waals surface area contributed by atoms with Crippen molar-refractivity contribution in [2.75, 3.05) is 27.2 Å². The number of carbonyl (C=O) groups excluding carboxylic acids is 2. The summed E-state index contributed by atoms with van der Waals surface area (Å²) in [4.78, 5) is 25.4. The third-order valence-electron chi connectivity index (χ3n) is 5.34. The van der Waals surface area contributed by atoms with Gasteiger partial charge in [-0.05, 0) is 37.5 Å². The first-order chi connectivity index (χ1) is 12.3. The number of likely N-dealkylation sites (N-methyl/N-ethyl adjacent to an activating group) is 1. The van der Waals surface area contributed by atoms with Crippen LogP contribution in [-0.2, 0) is 4.79 Å². The fourth-order valence-electron chi connectivity index (χ4n) is 3.11. The second-order valence-electron chi connectivity index (χ2n) is 8.93. The highest BCUT2D eigenvalue weighted by atomic mass is 35.5. The molecule has 1 aliphatic rings. The van der Waals surface area contributed by atoms with Crippen molar-refractivity contribution in [1.82, 2.24) is 5.32 Å². The first-order valence-electron chi connectivity index (χ1n) is 9.09. The van der Waals surface area contributed by atoms with E-state index in [4.69, 9.17) is 11.6 Å². The summed E-state index contributed by atoms with van der Waals surface area (Å²) in [5.74, 6) is -0.606. The molecule has 1 aliphatic carbocycles. The molecule has 6 nitrogen and oxygen atoms in total. The highest BCUT2D eigenvalue weighted by Crippen LogP contribution is 2.38. The number of aliphatic hydroxyl groups excluding tert-OH is 2. The summed E-state index contributed by atoms with van der Waals surface area (Å²) < 4.78 is -0.0838. The van der Waals surface area contributed by atoms with Gasteiger partial charge in [-0.3, -0.25) is 9.28 Å². The van der Waals surface area contributed by atoms with Crippen LogP contribution < -0.4 is 5.32 Å². The maximum Gasteiger partial charge on any atom is 0.342 e. The molecule has 0 aromatic heterocycles. The van der Waals surface area contributed by atoms with Gasteiger partial charge in [-0.25, -0.2) is 4.79 Å². The summed E-state index contributed by atoms with van der Waals surface area (Å²) in [6, 6.07) is 5.17. The second kappa shape index (κ2) is 7.51. The van der Waals surface area contributed by atoms with E-state index in [0.717, 1.165) is 18.4 Å². The van der Waals surface area contributed by atoms with Gasteiger partial charge in [0.1, 0.15) is 6.54 Å². The number of benzene rings is 1. The summed E-state index contributed by atoms with van der Waals surface area (Å²) in [6.45, 7) is 5.24. The second-order valence-corrected chi connectivity index (χ2v) is 9.34. The van der Waals surface area contributed by atoms with Gasteiger partial charge >= 0.3 is 5.91 Å². The average Bonchev–Trinajstić information content (AvgIpc) is 3.33. The van der Waals surface area contributed by atoms with Crippen molar-refractivity contribution in [3.8, 4) is 0 Å². The number of nitrogens with one attached hydrogen (secondary N) is 1. The molecule has 150 valence electrons. The van der Waals surface area contributed by atoms with E-state index in [9.17, 15) is 19.8 Å². The zero-order chi connectivity index (χ0) is 20.6. The Morgan fingerprint density at radius 3 is 2.41 bits per heavy atom. The van der Waals surface area contributed by atoms with Crippen molar-refractivity contribution in [2.24, 2.45) is 5.41 Å². The average molecular weight is 398 g/mol. The Kier molecular flexibility index (Phi) is 6.07. The Balaban J connectivity index is 2.10. The number of quaternary nitrogens is 1. The fraction of sp³-hybridized carbons (Fsp3) is 0.600. The number of aliphatic hydroxyl groups is 2. The molecule has 1 atom stereocenters. The predicted molar refractivity (Wildman–Crippen MR) is 104 cm³/mol. The Morgan fingerprint density at radius 1 is 1.33 bits per heavy atom. The largest absolute Gasteiger partial charge is 0.396 e. The van der Waals surface area contributed by atoms with E-state index in [1.807, 2.05) is 6.92 Å². The molecule has 0 aliphatic heterocycles. The number of amides is 2. The van der Waals surface area contributed by atoms with Crippen LogP contribution in [0.4, 0.5) is 0 Å². The Labute approximate surface area is 165 Å². The number of hydrogen-bond donors (Lipinski definition) is 3. The molecule has 1 saturated carbocycles. The van der Waals surface area contributed by atoms with E-state index < -0.39 is 17.1 Å². The summed E-state index contributed by atoms with van der Waals surface area (Å²) in [6.07, 6.45) is 0.249. The Bertz CT molecular complexity index is 741. The quantitative estimate of drug-likeness (QED) is 0.613. The number of nitrogens with zero attached hydrogens (tertiary/aromatic N) is 1. The molecule has 0 radical (unpaired) electrons. The maximum atomic E-state index is 12.8. The smallest absolute Gasteiger partial charge is 0.342 e. The fourth-order valence-corrected chi connectivity index (χ4v) is 3.29. The van der Waals surface area contributed by atoms with Gasteiger partial charge in [0, 0.05) is 16.0 Å². The zero-order valence-electron chi connectivity index (χ0n) is 16.7. The van der Waals surface area contributed by atoms with Crippen LogP contribution in [0.1, 0.15) is 42.6 Å². The minimum Gasteiger partial charge on any atom is -0.396 e. The van der Waals surface area contributed by atoms with Crippen molar-refractivity contribution in [3.05, 3.63) is 34.3 Å². The minimum atomic E-state index is -1.29. The lowest BCUT2D eigenvalue weighted by Gasteiger charge is -2.36. The van der Waals surface area contributed by atoms with Gasteiger partial charge in [0.15, 0.2) is 6.10 Å². The molecule has 27 heavy (non-hydrogen) atoms. The van der Waals surface area contributed by atoms with Gasteiger partial charge in [-0.1, -0.05) is 31.5 Å². The van der Waals surface area contributed by atoms with Crippen LogP contribution >= 0.6 is 11.6 Å². The molecule has 3 N–H and O–H groups in total. The van der Waals surface area contributed by atoms with Crippen molar-refractivity contribution >= 4 is 23.4 Å². The van der Waals surface area contributed by atoms with Gasteiger partial charge in [0.2, 0.25) is 0 Å². The molecule has 0 spiro atoms. The molecule has 1 fully saturated rings. The Hall–Kier alpha value is -1.47. The lowest BCUT2D eigenvalue weighted by Crippen LogP contribution is -2.60. The summed E-state index contributed by atoms with van der Waals surface area (Å²) in [5.41, 5.74) is -0.0183. The van der Waals surface area contributed by atoms with Crippen LogP contribution in [0.15, 0.2) is 18.2 Å². The normalized spacial score (nSPS) is 17.3. The van der Waals surface area contributed by atoms with Crippen LogP contribution in [0.5, 0.6) is 0 Å². The van der Waals surface area contributed by atoms with E-state index >= 15 is 0 Å². The van der Waals surface area contributed by atoms with Crippen molar-refractivity contribution in [1.29, 1.82) is 0 Å². The molecule has 0 bridgehead atoms. The van der Waals surface area contributed by atoms with E-state index in [-0.39, 0.29) is 22.9 Å². The van der Waals surface area contributed by atoms with Crippen LogP contribution in [0, 0.1) is 12.3 Å². The first-order valence-corrected chi connectivity index (χ1v) is 9.46. The highest BCUT2D eigenvalue weighted by molar-refractivity contribution is 6.31. The Morgan fingerprint density at radius 2 is 1.93 bits per heavy atom. The molecule has 7 heteroatoms. The van der Waals surface area contributed by atoms with Crippen molar-refractivity contribution in [2.45, 2.75) is 45.3 Å². The lowest BCUT2D eigenvalue weighted by atomic mass is 9.86. The van der Waals surface area contributed by atoms with E-state index in [1.54, 1.807) is 46.1 Å². The van der Waals surface area contributed by atoms with Crippen LogP contribution in [0.2, 0.25) is 5.02 Å². The monoisotopic (exact) mass is 397 g/mol. The lowest BCUT2D eigenvalue weighted by molar-refractivity contribution is -0.818. The molecule has 0 heterocycles. The van der Waals surface area contributed by atoms with Gasteiger partial charge in [0.25, 0.3) is 5.91 Å². The van der Waals surface area contributed by atoms with Crippen LogP contribution in [0.3, 0.4) is 0 Å².